The Morgan fingerprint density at radius 1 is 0.514 bits per heavy atom. The van der Waals surface area contributed by atoms with E-state index < -0.39 is 23.4 Å². The maximum Gasteiger partial charge on any atom is 0.408 e. The minimum absolute atomic E-state index is 0.0713. The first-order valence-electron chi connectivity index (χ1n) is 24.2. The lowest BCUT2D eigenvalue weighted by atomic mass is 10.1. The number of benzene rings is 4. The first-order valence-corrected chi connectivity index (χ1v) is 25.8. The number of nitrogens with zero attached hydrogens (tertiary/aromatic N) is 2. The van der Waals surface area contributed by atoms with Crippen LogP contribution in [-0.2, 0) is 23.7 Å². The van der Waals surface area contributed by atoms with E-state index in [-0.39, 0.29) is 24.2 Å². The highest BCUT2D eigenvalue weighted by atomic mass is 79.9. The molecule has 0 radical (unpaired) electrons. The molecule has 7 rings (SSSR count). The lowest BCUT2D eigenvalue weighted by Crippen LogP contribution is -2.36. The van der Waals surface area contributed by atoms with Crippen LogP contribution in [0.5, 0.6) is 0 Å². The first kappa shape index (κ1) is 60.0. The topological polar surface area (TPSA) is 175 Å². The van der Waals surface area contributed by atoms with Gasteiger partial charge >= 0.3 is 12.2 Å². The third-order valence-corrected chi connectivity index (χ3v) is 11.7. The minimum atomic E-state index is -0.482. The Bertz CT molecular complexity index is 2040. The van der Waals surface area contributed by atoms with Crippen LogP contribution < -0.4 is 37.2 Å². The summed E-state index contributed by atoms with van der Waals surface area (Å²) < 4.78 is 28.3. The van der Waals surface area contributed by atoms with Crippen LogP contribution in [0.4, 0.5) is 21.0 Å². The van der Waals surface area contributed by atoms with Crippen molar-refractivity contribution in [3.05, 3.63) is 128 Å². The summed E-state index contributed by atoms with van der Waals surface area (Å²) in [5, 5.41) is 8.81. The van der Waals surface area contributed by atoms with Crippen molar-refractivity contribution in [3.8, 4) is 0 Å². The normalized spacial score (nSPS) is 16.5. The number of halogens is 2. The van der Waals surface area contributed by atoms with E-state index >= 15 is 0 Å². The molecule has 4 aromatic rings. The summed E-state index contributed by atoms with van der Waals surface area (Å²) in [6, 6.07) is 32.7. The van der Waals surface area contributed by atoms with Crippen molar-refractivity contribution in [2.24, 2.45) is 11.5 Å². The molecule has 3 aliphatic rings. The molecule has 14 nitrogen and oxygen atoms in total. The Morgan fingerprint density at radius 2 is 0.800 bits per heavy atom. The van der Waals surface area contributed by atoms with Crippen LogP contribution in [-0.4, -0.2) is 102 Å². The molecule has 0 spiro atoms. The van der Waals surface area contributed by atoms with Gasteiger partial charge in [0.1, 0.15) is 11.2 Å². The molecule has 0 bridgehead atoms. The van der Waals surface area contributed by atoms with Gasteiger partial charge < -0.3 is 60.9 Å². The van der Waals surface area contributed by atoms with Crippen molar-refractivity contribution < 1.29 is 33.3 Å². The van der Waals surface area contributed by atoms with Crippen LogP contribution >= 0.6 is 31.9 Å². The van der Waals surface area contributed by atoms with Crippen molar-refractivity contribution in [1.29, 1.82) is 0 Å². The number of carbonyl (C=O) groups is 2. The van der Waals surface area contributed by atoms with E-state index in [4.69, 9.17) is 35.2 Å². The number of hydrogen-bond donors (Lipinski definition) is 5. The largest absolute Gasteiger partial charge is 0.444 e. The van der Waals surface area contributed by atoms with E-state index in [1.807, 2.05) is 130 Å². The smallest absolute Gasteiger partial charge is 0.408 e. The van der Waals surface area contributed by atoms with Gasteiger partial charge in [0, 0.05) is 71.7 Å². The summed E-state index contributed by atoms with van der Waals surface area (Å²) in [4.78, 5) is 28.0. The molecular weight excluding hydrogens is 1020 g/mol. The van der Waals surface area contributed by atoms with Crippen molar-refractivity contribution in [1.82, 2.24) is 16.0 Å². The van der Waals surface area contributed by atoms with Crippen molar-refractivity contribution >= 4 is 55.4 Å². The van der Waals surface area contributed by atoms with Gasteiger partial charge in [-0.25, -0.2) is 9.59 Å². The number of nitrogens with two attached hydrogens (primary N) is 2. The van der Waals surface area contributed by atoms with Gasteiger partial charge in [-0.15, -0.1) is 0 Å². The summed E-state index contributed by atoms with van der Waals surface area (Å²) in [6.07, 6.45) is -0.787. The van der Waals surface area contributed by atoms with Gasteiger partial charge in [0.25, 0.3) is 0 Å². The fourth-order valence-electron chi connectivity index (χ4n) is 6.77. The molecule has 388 valence electrons. The lowest BCUT2D eigenvalue weighted by Gasteiger charge is -2.29. The van der Waals surface area contributed by atoms with Gasteiger partial charge in [-0.3, -0.25) is 0 Å². The number of alkyl carbamates (subject to hydrolysis) is 2. The quantitative estimate of drug-likeness (QED) is 0.113. The lowest BCUT2D eigenvalue weighted by molar-refractivity contribution is 0.0496. The highest BCUT2D eigenvalue weighted by Crippen LogP contribution is 2.22. The average Bonchev–Trinajstić information content (AvgIpc) is 3.32. The van der Waals surface area contributed by atoms with Crippen molar-refractivity contribution in [2.45, 2.75) is 105 Å². The predicted octanol–water partition coefficient (Wildman–Crippen LogP) is 10.8. The number of rotatable bonds is 8. The van der Waals surface area contributed by atoms with Gasteiger partial charge in [-0.1, -0.05) is 80.4 Å². The highest BCUT2D eigenvalue weighted by molar-refractivity contribution is 9.10. The van der Waals surface area contributed by atoms with Crippen LogP contribution in [0.3, 0.4) is 0 Å². The fraction of sp³-hybridized carbons (Fsp3) is 0.519. The zero-order valence-corrected chi connectivity index (χ0v) is 46.4. The predicted molar refractivity (Wildman–Crippen MR) is 292 cm³/mol. The molecule has 3 fully saturated rings. The number of carbonyl (C=O) groups excluding carboxylic acids is 2. The van der Waals surface area contributed by atoms with E-state index in [9.17, 15) is 9.59 Å². The standard InChI is InChI=1S/C17H26N2O3.C13H18BrNO2.C12H18N2O.C8H10BrN.C4H9NO/c1-13(18-16(20)22-17(2,3)4)14-5-7-15(8-6-14)19-9-11-21-12-10-19;1-9(10-5-7-11(14)8-6-10)15-12(16)17-13(2,3)4;1-10(13)11-2-4-12(5-3-11)14-6-8-15-9-7-14;1-6(10)7-2-4-8(9)5-3-7;1-3-6-4-2-5-1/h5-8,13H,9-12H2,1-4H3,(H,18,20);5-9H,1-4H3,(H,15,16);2-5,10H,6-9,13H2,1H3;2-6H,10H2,1H3;5H,1-4H2/t13-;9-;10-;6-;/m0000./s1. The monoisotopic (exact) mass is 1100 g/mol. The molecule has 0 aromatic heterocycles. The molecule has 0 unspecified atom stereocenters. The SMILES string of the molecule is C1COCCN1.C[C@H](N)c1ccc(Br)cc1.C[C@H](N)c1ccc(N2CCOCC2)cc1.C[C@H](NC(=O)OC(C)(C)C)c1ccc(Br)cc1.C[C@H](NC(=O)OC(C)(C)C)c1ccc(N2CCOCC2)cc1. The van der Waals surface area contributed by atoms with E-state index in [0.717, 1.165) is 99.0 Å². The number of hydrogen-bond acceptors (Lipinski definition) is 12. The Balaban J connectivity index is 0.000000243. The summed E-state index contributed by atoms with van der Waals surface area (Å²) >= 11 is 6.73. The van der Waals surface area contributed by atoms with Crippen LogP contribution in [0.2, 0.25) is 0 Å². The zero-order valence-electron chi connectivity index (χ0n) is 43.2. The van der Waals surface area contributed by atoms with E-state index in [2.05, 4.69) is 94.0 Å². The second-order valence-electron chi connectivity index (χ2n) is 19.2. The molecule has 16 heteroatoms. The highest BCUT2D eigenvalue weighted by Gasteiger charge is 2.20. The summed E-state index contributed by atoms with van der Waals surface area (Å²) in [5.74, 6) is 0. The van der Waals surface area contributed by atoms with Gasteiger partial charge in [0.05, 0.1) is 51.7 Å². The van der Waals surface area contributed by atoms with E-state index in [0.29, 0.717) is 0 Å². The molecule has 7 N–H and O–H groups in total. The molecule has 3 aliphatic heterocycles. The Hall–Kier alpha value is -4.26. The summed E-state index contributed by atoms with van der Waals surface area (Å²) in [6.45, 7) is 29.8. The first-order chi connectivity index (χ1) is 33.1. The van der Waals surface area contributed by atoms with E-state index in [1.54, 1.807) is 0 Å². The third kappa shape index (κ3) is 25.2. The molecule has 0 aliphatic carbocycles. The van der Waals surface area contributed by atoms with Gasteiger partial charge in [0.2, 0.25) is 0 Å². The molecule has 4 atom stereocenters. The molecule has 4 aromatic carbocycles. The van der Waals surface area contributed by atoms with Crippen molar-refractivity contribution in [3.63, 3.8) is 0 Å². The molecule has 2 amide bonds. The maximum atomic E-state index is 11.8. The fourth-order valence-corrected chi connectivity index (χ4v) is 7.30. The van der Waals surface area contributed by atoms with Crippen LogP contribution in [0, 0.1) is 0 Å². The zero-order chi connectivity index (χ0) is 51.7. The number of ether oxygens (including phenoxy) is 5. The number of morpholine rings is 3. The number of anilines is 2. The minimum Gasteiger partial charge on any atom is -0.444 e. The summed E-state index contributed by atoms with van der Waals surface area (Å²) in [7, 11) is 0. The van der Waals surface area contributed by atoms with Gasteiger partial charge in [-0.05, 0) is 140 Å². The van der Waals surface area contributed by atoms with Crippen LogP contribution in [0.1, 0.15) is 116 Å². The molecule has 3 heterocycles. The van der Waals surface area contributed by atoms with E-state index in [1.165, 1.54) is 22.5 Å². The van der Waals surface area contributed by atoms with Gasteiger partial charge in [0.15, 0.2) is 0 Å². The Morgan fingerprint density at radius 3 is 1.07 bits per heavy atom. The van der Waals surface area contributed by atoms with Crippen LogP contribution in [0.25, 0.3) is 0 Å². The Kier molecular flexibility index (Phi) is 26.8. The average molecular weight is 1100 g/mol. The van der Waals surface area contributed by atoms with Gasteiger partial charge in [-0.2, -0.15) is 0 Å². The molecule has 0 saturated carbocycles. The molecular formula is C54H81Br2N7O7. The number of nitrogens with one attached hydrogen (secondary N) is 3. The number of amides is 2. The second kappa shape index (κ2) is 31.3. The summed E-state index contributed by atoms with van der Waals surface area (Å²) in [5.41, 5.74) is 17.4. The van der Waals surface area contributed by atoms with Crippen LogP contribution in [0.15, 0.2) is 106 Å². The molecule has 3 saturated heterocycles. The van der Waals surface area contributed by atoms with Crippen molar-refractivity contribution in [2.75, 3.05) is 88.7 Å². The Labute approximate surface area is 435 Å². The maximum absolute atomic E-state index is 11.8. The molecule has 70 heavy (non-hydrogen) atoms. The third-order valence-electron chi connectivity index (χ3n) is 10.6. The second-order valence-corrected chi connectivity index (χ2v) is 21.0.